The molecule has 0 aromatic heterocycles. The predicted octanol–water partition coefficient (Wildman–Crippen LogP) is 3.23. The Hall–Kier alpha value is -3.02. The van der Waals surface area contributed by atoms with E-state index in [9.17, 15) is 9.59 Å². The predicted molar refractivity (Wildman–Crippen MR) is 107 cm³/mol. The SMILES string of the molecule is COc1ccc(CCNC(=O)CCC(=O)O)c(OCCCc2ccccc2)c1. The van der Waals surface area contributed by atoms with Crippen LogP contribution >= 0.6 is 0 Å². The van der Waals surface area contributed by atoms with Crippen molar-refractivity contribution in [3.8, 4) is 11.5 Å². The van der Waals surface area contributed by atoms with Crippen LogP contribution in [0.25, 0.3) is 0 Å². The highest BCUT2D eigenvalue weighted by atomic mass is 16.5. The van der Waals surface area contributed by atoms with Crippen molar-refractivity contribution in [2.75, 3.05) is 20.3 Å². The molecular formula is C22H27NO5. The molecule has 0 fully saturated rings. The van der Waals surface area contributed by atoms with Crippen molar-refractivity contribution in [2.24, 2.45) is 0 Å². The maximum Gasteiger partial charge on any atom is 0.303 e. The molecule has 0 saturated heterocycles. The molecule has 0 heterocycles. The molecule has 0 bridgehead atoms. The van der Waals surface area contributed by atoms with Crippen LogP contribution in [0.1, 0.15) is 30.4 Å². The smallest absolute Gasteiger partial charge is 0.303 e. The van der Waals surface area contributed by atoms with Gasteiger partial charge in [0.15, 0.2) is 0 Å². The third-order valence-corrected chi connectivity index (χ3v) is 4.27. The van der Waals surface area contributed by atoms with E-state index < -0.39 is 5.97 Å². The van der Waals surface area contributed by atoms with E-state index in [1.165, 1.54) is 5.56 Å². The van der Waals surface area contributed by atoms with Crippen molar-refractivity contribution >= 4 is 11.9 Å². The first-order chi connectivity index (χ1) is 13.6. The summed E-state index contributed by atoms with van der Waals surface area (Å²) in [6, 6.07) is 15.9. The maximum atomic E-state index is 11.6. The number of carbonyl (C=O) groups is 2. The van der Waals surface area contributed by atoms with Gasteiger partial charge in [-0.25, -0.2) is 0 Å². The monoisotopic (exact) mass is 385 g/mol. The van der Waals surface area contributed by atoms with Gasteiger partial charge in [0.2, 0.25) is 5.91 Å². The van der Waals surface area contributed by atoms with Crippen molar-refractivity contribution < 1.29 is 24.2 Å². The van der Waals surface area contributed by atoms with Gasteiger partial charge in [-0.2, -0.15) is 0 Å². The van der Waals surface area contributed by atoms with Gasteiger partial charge in [0.05, 0.1) is 20.1 Å². The molecule has 0 aliphatic heterocycles. The Bertz CT molecular complexity index is 761. The number of methoxy groups -OCH3 is 1. The number of benzene rings is 2. The zero-order chi connectivity index (χ0) is 20.2. The summed E-state index contributed by atoms with van der Waals surface area (Å²) in [7, 11) is 1.61. The molecule has 0 saturated carbocycles. The first-order valence-corrected chi connectivity index (χ1v) is 9.40. The van der Waals surface area contributed by atoms with Crippen LogP contribution in [0.5, 0.6) is 11.5 Å². The van der Waals surface area contributed by atoms with Gasteiger partial charge < -0.3 is 19.9 Å². The van der Waals surface area contributed by atoms with E-state index in [2.05, 4.69) is 17.4 Å². The van der Waals surface area contributed by atoms with Gasteiger partial charge in [-0.1, -0.05) is 36.4 Å². The van der Waals surface area contributed by atoms with Gasteiger partial charge in [0, 0.05) is 19.0 Å². The molecule has 150 valence electrons. The molecule has 2 aromatic rings. The quantitative estimate of drug-likeness (QED) is 0.548. The molecule has 6 nitrogen and oxygen atoms in total. The molecule has 0 radical (unpaired) electrons. The first kappa shape index (κ1) is 21.3. The lowest BCUT2D eigenvalue weighted by Crippen LogP contribution is -2.26. The fourth-order valence-corrected chi connectivity index (χ4v) is 2.75. The summed E-state index contributed by atoms with van der Waals surface area (Å²) in [5.41, 5.74) is 2.25. The summed E-state index contributed by atoms with van der Waals surface area (Å²) in [5, 5.41) is 11.4. The van der Waals surface area contributed by atoms with Crippen molar-refractivity contribution in [1.82, 2.24) is 5.32 Å². The number of nitrogens with one attached hydrogen (secondary N) is 1. The molecule has 0 aliphatic carbocycles. The van der Waals surface area contributed by atoms with E-state index in [0.29, 0.717) is 25.3 Å². The van der Waals surface area contributed by atoms with E-state index in [1.807, 2.05) is 36.4 Å². The van der Waals surface area contributed by atoms with E-state index >= 15 is 0 Å². The second kappa shape index (κ2) is 11.6. The molecule has 2 aromatic carbocycles. The highest BCUT2D eigenvalue weighted by Gasteiger charge is 2.09. The van der Waals surface area contributed by atoms with Crippen molar-refractivity contribution in [1.29, 1.82) is 0 Å². The van der Waals surface area contributed by atoms with Crippen LogP contribution in [-0.4, -0.2) is 37.2 Å². The Balaban J connectivity index is 1.84. The number of aryl methyl sites for hydroxylation is 1. The van der Waals surface area contributed by atoms with Crippen LogP contribution < -0.4 is 14.8 Å². The van der Waals surface area contributed by atoms with Gasteiger partial charge >= 0.3 is 5.97 Å². The van der Waals surface area contributed by atoms with Gasteiger partial charge in [-0.05, 0) is 36.5 Å². The topological polar surface area (TPSA) is 84.9 Å². The molecule has 1 amide bonds. The second-order valence-corrected chi connectivity index (χ2v) is 6.40. The summed E-state index contributed by atoms with van der Waals surface area (Å²) in [4.78, 5) is 22.2. The number of amides is 1. The molecule has 2 N–H and O–H groups in total. The molecule has 0 atom stereocenters. The van der Waals surface area contributed by atoms with E-state index in [-0.39, 0.29) is 18.7 Å². The molecule has 0 aliphatic rings. The van der Waals surface area contributed by atoms with Gasteiger partial charge in [-0.3, -0.25) is 9.59 Å². The number of aliphatic carboxylic acids is 1. The Morgan fingerprint density at radius 1 is 1.04 bits per heavy atom. The number of carbonyl (C=O) groups excluding carboxylic acids is 1. The number of carboxylic acids is 1. The highest BCUT2D eigenvalue weighted by Crippen LogP contribution is 2.25. The lowest BCUT2D eigenvalue weighted by molar-refractivity contribution is -0.138. The first-order valence-electron chi connectivity index (χ1n) is 9.40. The van der Waals surface area contributed by atoms with Gasteiger partial charge in [-0.15, -0.1) is 0 Å². The van der Waals surface area contributed by atoms with Crippen LogP contribution in [0.2, 0.25) is 0 Å². The molecule has 0 unspecified atom stereocenters. The Morgan fingerprint density at radius 3 is 2.54 bits per heavy atom. The second-order valence-electron chi connectivity index (χ2n) is 6.40. The average Bonchev–Trinajstić information content (AvgIpc) is 2.71. The maximum absolute atomic E-state index is 11.6. The average molecular weight is 385 g/mol. The fraction of sp³-hybridized carbons (Fsp3) is 0.364. The van der Waals surface area contributed by atoms with Crippen LogP contribution in [0.15, 0.2) is 48.5 Å². The Morgan fingerprint density at radius 2 is 1.82 bits per heavy atom. The molecule has 0 spiro atoms. The summed E-state index contributed by atoms with van der Waals surface area (Å²) in [6.45, 7) is 1.01. The van der Waals surface area contributed by atoms with Crippen LogP contribution in [-0.2, 0) is 22.4 Å². The largest absolute Gasteiger partial charge is 0.497 e. The zero-order valence-corrected chi connectivity index (χ0v) is 16.1. The minimum Gasteiger partial charge on any atom is -0.497 e. The summed E-state index contributed by atoms with van der Waals surface area (Å²) >= 11 is 0. The third kappa shape index (κ3) is 7.70. The lowest BCUT2D eigenvalue weighted by atomic mass is 10.1. The van der Waals surface area contributed by atoms with Gasteiger partial charge in [0.1, 0.15) is 11.5 Å². The standard InChI is InChI=1S/C22H27NO5/c1-27-19-10-9-18(13-14-23-21(24)11-12-22(25)26)20(16-19)28-15-5-8-17-6-3-2-4-7-17/h2-4,6-7,9-10,16H,5,8,11-15H2,1H3,(H,23,24)(H,25,26). The molecule has 6 heteroatoms. The van der Waals surface area contributed by atoms with Crippen molar-refractivity contribution in [3.63, 3.8) is 0 Å². The fourth-order valence-electron chi connectivity index (χ4n) is 2.75. The number of rotatable bonds is 12. The van der Waals surface area contributed by atoms with Crippen molar-refractivity contribution in [2.45, 2.75) is 32.1 Å². The summed E-state index contributed by atoms with van der Waals surface area (Å²) in [6.07, 6.45) is 2.26. The number of hydrogen-bond acceptors (Lipinski definition) is 4. The molecule has 2 rings (SSSR count). The van der Waals surface area contributed by atoms with E-state index in [0.717, 1.165) is 24.2 Å². The zero-order valence-electron chi connectivity index (χ0n) is 16.1. The van der Waals surface area contributed by atoms with Crippen molar-refractivity contribution in [3.05, 3.63) is 59.7 Å². The Labute approximate surface area is 165 Å². The molecular weight excluding hydrogens is 358 g/mol. The van der Waals surface area contributed by atoms with Crippen LogP contribution in [0.4, 0.5) is 0 Å². The normalized spacial score (nSPS) is 10.3. The minimum atomic E-state index is -0.975. The van der Waals surface area contributed by atoms with Gasteiger partial charge in [0.25, 0.3) is 0 Å². The lowest BCUT2D eigenvalue weighted by Gasteiger charge is -2.13. The highest BCUT2D eigenvalue weighted by molar-refractivity contribution is 5.80. The third-order valence-electron chi connectivity index (χ3n) is 4.27. The number of carboxylic acid groups (broad SMARTS) is 1. The number of ether oxygens (including phenoxy) is 2. The van der Waals surface area contributed by atoms with Crippen LogP contribution in [0, 0.1) is 0 Å². The summed E-state index contributed by atoms with van der Waals surface area (Å²) in [5.74, 6) is 0.220. The Kier molecular flexibility index (Phi) is 8.85. The van der Waals surface area contributed by atoms with Crippen LogP contribution in [0.3, 0.4) is 0 Å². The minimum absolute atomic E-state index is 0.0131. The summed E-state index contributed by atoms with van der Waals surface area (Å²) < 4.78 is 11.2. The van der Waals surface area contributed by atoms with E-state index in [1.54, 1.807) is 7.11 Å². The number of hydrogen-bond donors (Lipinski definition) is 2. The molecule has 28 heavy (non-hydrogen) atoms. The van der Waals surface area contributed by atoms with E-state index in [4.69, 9.17) is 14.6 Å².